The highest BCUT2D eigenvalue weighted by Crippen LogP contribution is 1.77. The van der Waals surface area contributed by atoms with Crippen molar-refractivity contribution in [1.82, 2.24) is 20.9 Å². The molecule has 0 fully saturated rings. The molecule has 4 N–H and O–H groups in total. The Labute approximate surface area is 109 Å². The largest absolute Gasteiger partial charge is 0.478 e. The standard InChI is InChI=1S/C10H16N4O5/c1-14(2)10(19)12-6-5-11-9(18)13-7(15)3-4-8(16)17/h3-4H,5-6H2,1-2H3,(H,12,19)(H,16,17)(H2,11,13,15,18)/b4-3+. The summed E-state index contributed by atoms with van der Waals surface area (Å²) >= 11 is 0. The number of carboxylic acid groups (broad SMARTS) is 1. The minimum Gasteiger partial charge on any atom is -0.478 e. The van der Waals surface area contributed by atoms with Crippen molar-refractivity contribution in [3.8, 4) is 0 Å². The fraction of sp³-hybridized carbons (Fsp3) is 0.400. The van der Waals surface area contributed by atoms with E-state index in [1.807, 2.05) is 5.32 Å². The number of rotatable bonds is 5. The smallest absolute Gasteiger partial charge is 0.328 e. The molecule has 0 aliphatic carbocycles. The summed E-state index contributed by atoms with van der Waals surface area (Å²) < 4.78 is 0. The molecule has 0 spiro atoms. The minimum atomic E-state index is -1.29. The first-order valence-electron chi connectivity index (χ1n) is 5.28. The molecule has 5 amide bonds. The van der Waals surface area contributed by atoms with Gasteiger partial charge in [0.2, 0.25) is 0 Å². The van der Waals surface area contributed by atoms with E-state index in [9.17, 15) is 19.2 Å². The van der Waals surface area contributed by atoms with Gasteiger partial charge in [0.25, 0.3) is 5.91 Å². The van der Waals surface area contributed by atoms with Crippen LogP contribution in [0.25, 0.3) is 0 Å². The number of aliphatic carboxylic acids is 1. The zero-order chi connectivity index (χ0) is 14.8. The van der Waals surface area contributed by atoms with E-state index in [2.05, 4.69) is 10.6 Å². The normalized spacial score (nSPS) is 9.79. The number of imide groups is 1. The Balaban J connectivity index is 3.79. The summed E-state index contributed by atoms with van der Waals surface area (Å²) in [4.78, 5) is 44.6. The third-order valence-corrected chi connectivity index (χ3v) is 1.71. The molecule has 19 heavy (non-hydrogen) atoms. The quantitative estimate of drug-likeness (QED) is 0.366. The monoisotopic (exact) mass is 272 g/mol. The Morgan fingerprint density at radius 1 is 1.05 bits per heavy atom. The third-order valence-electron chi connectivity index (χ3n) is 1.71. The topological polar surface area (TPSA) is 128 Å². The SMILES string of the molecule is CN(C)C(=O)NCCNC(=O)NC(=O)/C=C/C(=O)O. The Morgan fingerprint density at radius 2 is 1.63 bits per heavy atom. The van der Waals surface area contributed by atoms with Crippen molar-refractivity contribution in [2.45, 2.75) is 0 Å². The van der Waals surface area contributed by atoms with Crippen molar-refractivity contribution >= 4 is 23.9 Å². The summed E-state index contributed by atoms with van der Waals surface area (Å²) in [6.07, 6.45) is 1.33. The van der Waals surface area contributed by atoms with Crippen molar-refractivity contribution < 1.29 is 24.3 Å². The fourth-order valence-corrected chi connectivity index (χ4v) is 0.848. The Kier molecular flexibility index (Phi) is 7.35. The van der Waals surface area contributed by atoms with E-state index in [0.717, 1.165) is 6.08 Å². The number of carbonyl (C=O) groups excluding carboxylic acids is 3. The number of carbonyl (C=O) groups is 4. The zero-order valence-corrected chi connectivity index (χ0v) is 10.6. The maximum absolute atomic E-state index is 11.1. The van der Waals surface area contributed by atoms with Crippen molar-refractivity contribution in [3.63, 3.8) is 0 Å². The molecule has 0 atom stereocenters. The van der Waals surface area contributed by atoms with Gasteiger partial charge in [0.05, 0.1) is 0 Å². The predicted molar refractivity (Wildman–Crippen MR) is 65.4 cm³/mol. The lowest BCUT2D eigenvalue weighted by Gasteiger charge is -2.12. The number of urea groups is 2. The van der Waals surface area contributed by atoms with E-state index < -0.39 is 17.9 Å². The molecular weight excluding hydrogens is 256 g/mol. The Bertz CT molecular complexity index is 391. The summed E-state index contributed by atoms with van der Waals surface area (Å²) in [5.41, 5.74) is 0. The maximum Gasteiger partial charge on any atom is 0.328 e. The second-order valence-electron chi connectivity index (χ2n) is 3.54. The van der Waals surface area contributed by atoms with Gasteiger partial charge in [-0.3, -0.25) is 10.1 Å². The van der Waals surface area contributed by atoms with Gasteiger partial charge in [-0.2, -0.15) is 0 Å². The second kappa shape index (κ2) is 8.50. The number of hydrogen-bond acceptors (Lipinski definition) is 4. The van der Waals surface area contributed by atoms with Crippen molar-refractivity contribution in [1.29, 1.82) is 0 Å². The molecule has 0 aliphatic heterocycles. The zero-order valence-electron chi connectivity index (χ0n) is 10.6. The van der Waals surface area contributed by atoms with Crippen LogP contribution in [-0.4, -0.2) is 61.1 Å². The molecular formula is C10H16N4O5. The molecule has 106 valence electrons. The van der Waals surface area contributed by atoms with Gasteiger partial charge in [0.15, 0.2) is 0 Å². The summed E-state index contributed by atoms with van der Waals surface area (Å²) in [5, 5.41) is 14.9. The van der Waals surface area contributed by atoms with Crippen LogP contribution in [0.5, 0.6) is 0 Å². The van der Waals surface area contributed by atoms with E-state index in [-0.39, 0.29) is 19.1 Å². The van der Waals surface area contributed by atoms with Gasteiger partial charge >= 0.3 is 18.0 Å². The average Bonchev–Trinajstić information content (AvgIpc) is 2.31. The maximum atomic E-state index is 11.1. The Morgan fingerprint density at radius 3 is 2.16 bits per heavy atom. The van der Waals surface area contributed by atoms with Crippen LogP contribution in [0, 0.1) is 0 Å². The van der Waals surface area contributed by atoms with E-state index in [1.54, 1.807) is 14.1 Å². The van der Waals surface area contributed by atoms with Crippen molar-refractivity contribution in [2.24, 2.45) is 0 Å². The van der Waals surface area contributed by atoms with Gasteiger partial charge in [-0.1, -0.05) is 0 Å². The molecule has 0 aliphatic rings. The highest BCUT2D eigenvalue weighted by Gasteiger charge is 2.05. The van der Waals surface area contributed by atoms with Crippen LogP contribution in [0.2, 0.25) is 0 Å². The van der Waals surface area contributed by atoms with E-state index in [1.165, 1.54) is 4.90 Å². The lowest BCUT2D eigenvalue weighted by Crippen LogP contribution is -2.43. The number of amides is 5. The van der Waals surface area contributed by atoms with Crippen LogP contribution in [0.4, 0.5) is 9.59 Å². The fourth-order valence-electron chi connectivity index (χ4n) is 0.848. The molecule has 0 saturated heterocycles. The van der Waals surface area contributed by atoms with E-state index >= 15 is 0 Å². The molecule has 0 aromatic rings. The summed E-state index contributed by atoms with van der Waals surface area (Å²) in [7, 11) is 3.14. The van der Waals surface area contributed by atoms with Crippen molar-refractivity contribution in [3.05, 3.63) is 12.2 Å². The van der Waals surface area contributed by atoms with E-state index in [4.69, 9.17) is 5.11 Å². The minimum absolute atomic E-state index is 0.126. The lowest BCUT2D eigenvalue weighted by molar-refractivity contribution is -0.131. The molecule has 0 radical (unpaired) electrons. The molecule has 9 heteroatoms. The summed E-state index contributed by atoms with van der Waals surface area (Å²) in [6.45, 7) is 0.324. The molecule has 0 heterocycles. The first-order chi connectivity index (χ1) is 8.82. The van der Waals surface area contributed by atoms with Gasteiger partial charge in [-0.05, 0) is 0 Å². The second-order valence-corrected chi connectivity index (χ2v) is 3.54. The van der Waals surface area contributed by atoms with Crippen LogP contribution in [-0.2, 0) is 9.59 Å². The third kappa shape index (κ3) is 9.15. The number of hydrogen-bond donors (Lipinski definition) is 4. The van der Waals surface area contributed by atoms with Crippen LogP contribution in [0.15, 0.2) is 12.2 Å². The van der Waals surface area contributed by atoms with Crippen LogP contribution < -0.4 is 16.0 Å². The predicted octanol–water partition coefficient (Wildman–Crippen LogP) is -1.28. The van der Waals surface area contributed by atoms with Gasteiger partial charge < -0.3 is 20.6 Å². The molecule has 0 unspecified atom stereocenters. The van der Waals surface area contributed by atoms with Gasteiger partial charge in [0, 0.05) is 39.3 Å². The van der Waals surface area contributed by atoms with Crippen LogP contribution in [0.1, 0.15) is 0 Å². The summed E-state index contributed by atoms with van der Waals surface area (Å²) in [6, 6.07) is -1.08. The molecule has 9 nitrogen and oxygen atoms in total. The van der Waals surface area contributed by atoms with Crippen LogP contribution >= 0.6 is 0 Å². The van der Waals surface area contributed by atoms with E-state index in [0.29, 0.717) is 6.08 Å². The number of nitrogens with one attached hydrogen (secondary N) is 3. The highest BCUT2D eigenvalue weighted by atomic mass is 16.4. The first kappa shape index (κ1) is 16.4. The van der Waals surface area contributed by atoms with Gasteiger partial charge in [-0.25, -0.2) is 14.4 Å². The Hall–Kier alpha value is -2.58. The molecule has 0 saturated carbocycles. The van der Waals surface area contributed by atoms with Crippen molar-refractivity contribution in [2.75, 3.05) is 27.2 Å². The molecule has 0 aromatic carbocycles. The first-order valence-corrected chi connectivity index (χ1v) is 5.28. The molecule has 0 bridgehead atoms. The molecule has 0 aromatic heterocycles. The number of carboxylic acids is 1. The number of nitrogens with zero attached hydrogens (tertiary/aromatic N) is 1. The summed E-state index contributed by atoms with van der Waals surface area (Å²) in [5.74, 6) is -2.14. The van der Waals surface area contributed by atoms with Gasteiger partial charge in [0.1, 0.15) is 0 Å². The van der Waals surface area contributed by atoms with Crippen LogP contribution in [0.3, 0.4) is 0 Å². The highest BCUT2D eigenvalue weighted by molar-refractivity contribution is 6.02. The van der Waals surface area contributed by atoms with Gasteiger partial charge in [-0.15, -0.1) is 0 Å². The average molecular weight is 272 g/mol. The molecule has 0 rings (SSSR count). The lowest BCUT2D eigenvalue weighted by atomic mass is 10.5.